The first-order valence-corrected chi connectivity index (χ1v) is 5.11. The summed E-state index contributed by atoms with van der Waals surface area (Å²) >= 11 is 0. The highest BCUT2D eigenvalue weighted by Gasteiger charge is 2.13. The first kappa shape index (κ1) is 10.5. The van der Waals surface area contributed by atoms with Crippen LogP contribution in [-0.2, 0) is 4.74 Å². The summed E-state index contributed by atoms with van der Waals surface area (Å²) in [6.07, 6.45) is 3.19. The minimum absolute atomic E-state index is 0.354. The highest BCUT2D eigenvalue weighted by atomic mass is 16.5. The highest BCUT2D eigenvalue weighted by Crippen LogP contribution is 2.18. The lowest BCUT2D eigenvalue weighted by molar-refractivity contribution is 0.0528. The van der Waals surface area contributed by atoms with Crippen LogP contribution in [0.5, 0.6) is 0 Å². The first-order valence-electron chi connectivity index (χ1n) is 5.11. The molecule has 0 radical (unpaired) electrons. The maximum atomic E-state index is 11.7. The van der Waals surface area contributed by atoms with Crippen LogP contribution in [0.1, 0.15) is 22.8 Å². The van der Waals surface area contributed by atoms with Crippen molar-refractivity contribution in [3.63, 3.8) is 0 Å². The van der Waals surface area contributed by atoms with Gasteiger partial charge in [0.05, 0.1) is 17.7 Å². The lowest BCUT2D eigenvalue weighted by atomic mass is 10.1. The number of rotatable bonds is 2. The SMILES string of the molecule is CCOC(=O)c1ccc(C)c2nccnc12. The topological polar surface area (TPSA) is 52.1 Å². The maximum Gasteiger partial charge on any atom is 0.340 e. The average Bonchev–Trinajstić information content (AvgIpc) is 2.30. The molecule has 0 atom stereocenters. The van der Waals surface area contributed by atoms with Gasteiger partial charge in [-0.1, -0.05) is 6.07 Å². The molecule has 1 aromatic heterocycles. The molecule has 4 nitrogen and oxygen atoms in total. The standard InChI is InChI=1S/C12H12N2O2/c1-3-16-12(15)9-5-4-8(2)10-11(9)14-7-6-13-10/h4-7H,3H2,1-2H3. The number of nitrogens with zero attached hydrogens (tertiary/aromatic N) is 2. The Morgan fingerprint density at radius 3 is 2.62 bits per heavy atom. The second-order valence-corrected chi connectivity index (χ2v) is 3.40. The molecule has 1 aromatic carbocycles. The van der Waals surface area contributed by atoms with Crippen molar-refractivity contribution in [1.29, 1.82) is 0 Å². The molecule has 0 amide bonds. The monoisotopic (exact) mass is 216 g/mol. The molecule has 16 heavy (non-hydrogen) atoms. The van der Waals surface area contributed by atoms with Crippen LogP contribution in [0.4, 0.5) is 0 Å². The van der Waals surface area contributed by atoms with E-state index in [1.54, 1.807) is 25.4 Å². The summed E-state index contributed by atoms with van der Waals surface area (Å²) in [5.41, 5.74) is 2.81. The first-order chi connectivity index (χ1) is 7.74. The molecule has 0 aliphatic carbocycles. The third-order valence-corrected chi connectivity index (χ3v) is 2.32. The van der Waals surface area contributed by atoms with Crippen LogP contribution in [0.3, 0.4) is 0 Å². The highest BCUT2D eigenvalue weighted by molar-refractivity contribution is 6.02. The largest absolute Gasteiger partial charge is 0.462 e. The molecule has 0 saturated carbocycles. The molecule has 0 unspecified atom stereocenters. The van der Waals surface area contributed by atoms with E-state index in [1.807, 2.05) is 13.0 Å². The Morgan fingerprint density at radius 2 is 1.94 bits per heavy atom. The van der Waals surface area contributed by atoms with Gasteiger partial charge in [-0.25, -0.2) is 4.79 Å². The second kappa shape index (κ2) is 4.26. The van der Waals surface area contributed by atoms with E-state index >= 15 is 0 Å². The fraction of sp³-hybridized carbons (Fsp3) is 0.250. The predicted molar refractivity (Wildman–Crippen MR) is 60.2 cm³/mol. The van der Waals surface area contributed by atoms with Crippen molar-refractivity contribution in [3.8, 4) is 0 Å². The van der Waals surface area contributed by atoms with Crippen molar-refractivity contribution in [2.45, 2.75) is 13.8 Å². The van der Waals surface area contributed by atoms with Crippen LogP contribution < -0.4 is 0 Å². The van der Waals surface area contributed by atoms with E-state index in [4.69, 9.17) is 4.74 Å². The molecule has 82 valence electrons. The van der Waals surface area contributed by atoms with Crippen molar-refractivity contribution >= 4 is 17.0 Å². The van der Waals surface area contributed by atoms with Crippen molar-refractivity contribution in [3.05, 3.63) is 35.7 Å². The number of benzene rings is 1. The molecule has 0 fully saturated rings. The predicted octanol–water partition coefficient (Wildman–Crippen LogP) is 2.11. The molecule has 0 saturated heterocycles. The van der Waals surface area contributed by atoms with E-state index in [2.05, 4.69) is 9.97 Å². The number of aryl methyl sites for hydroxylation is 1. The van der Waals surface area contributed by atoms with Gasteiger partial charge in [-0.15, -0.1) is 0 Å². The number of hydrogen-bond acceptors (Lipinski definition) is 4. The summed E-state index contributed by atoms with van der Waals surface area (Å²) in [7, 11) is 0. The molecule has 1 heterocycles. The third kappa shape index (κ3) is 1.74. The molecule has 2 aromatic rings. The summed E-state index contributed by atoms with van der Waals surface area (Å²) in [4.78, 5) is 20.1. The van der Waals surface area contributed by atoms with E-state index < -0.39 is 0 Å². The minimum atomic E-state index is -0.354. The van der Waals surface area contributed by atoms with Gasteiger partial charge in [0, 0.05) is 12.4 Å². The van der Waals surface area contributed by atoms with Crippen molar-refractivity contribution < 1.29 is 9.53 Å². The molecule has 0 spiro atoms. The summed E-state index contributed by atoms with van der Waals surface area (Å²) in [6, 6.07) is 3.58. The number of esters is 1. The fourth-order valence-electron chi connectivity index (χ4n) is 1.56. The smallest absolute Gasteiger partial charge is 0.340 e. The van der Waals surface area contributed by atoms with Gasteiger partial charge in [-0.2, -0.15) is 0 Å². The molecule has 0 aliphatic heterocycles. The number of fused-ring (bicyclic) bond motifs is 1. The Bertz CT molecular complexity index is 538. The second-order valence-electron chi connectivity index (χ2n) is 3.40. The molecule has 0 aliphatic rings. The van der Waals surface area contributed by atoms with Gasteiger partial charge in [0.2, 0.25) is 0 Å². The van der Waals surface area contributed by atoms with Crippen LogP contribution in [0.25, 0.3) is 11.0 Å². The van der Waals surface area contributed by atoms with Crippen molar-refractivity contribution in [2.75, 3.05) is 6.61 Å². The van der Waals surface area contributed by atoms with Crippen molar-refractivity contribution in [1.82, 2.24) is 9.97 Å². The normalized spacial score (nSPS) is 10.4. The summed E-state index contributed by atoms with van der Waals surface area (Å²) in [5, 5.41) is 0. The maximum absolute atomic E-state index is 11.7. The fourth-order valence-corrected chi connectivity index (χ4v) is 1.56. The lowest BCUT2D eigenvalue weighted by Gasteiger charge is -2.06. The summed E-state index contributed by atoms with van der Waals surface area (Å²) < 4.78 is 4.97. The molecule has 0 bridgehead atoms. The zero-order valence-electron chi connectivity index (χ0n) is 9.23. The zero-order chi connectivity index (χ0) is 11.5. The van der Waals surface area contributed by atoms with Crippen LogP contribution >= 0.6 is 0 Å². The van der Waals surface area contributed by atoms with Crippen LogP contribution in [0.15, 0.2) is 24.5 Å². The van der Waals surface area contributed by atoms with Gasteiger partial charge in [0.25, 0.3) is 0 Å². The van der Waals surface area contributed by atoms with Crippen LogP contribution in [0.2, 0.25) is 0 Å². The third-order valence-electron chi connectivity index (χ3n) is 2.32. The van der Waals surface area contributed by atoms with Gasteiger partial charge >= 0.3 is 5.97 Å². The average molecular weight is 216 g/mol. The number of aromatic nitrogens is 2. The zero-order valence-corrected chi connectivity index (χ0v) is 9.23. The number of ether oxygens (including phenoxy) is 1. The van der Waals surface area contributed by atoms with Gasteiger partial charge in [0.1, 0.15) is 5.52 Å². The number of carbonyl (C=O) groups excluding carboxylic acids is 1. The van der Waals surface area contributed by atoms with Crippen LogP contribution in [0, 0.1) is 6.92 Å². The van der Waals surface area contributed by atoms with Gasteiger partial charge in [-0.3, -0.25) is 9.97 Å². The van der Waals surface area contributed by atoms with E-state index in [-0.39, 0.29) is 5.97 Å². The van der Waals surface area contributed by atoms with Gasteiger partial charge in [0.15, 0.2) is 0 Å². The number of carbonyl (C=O) groups is 1. The van der Waals surface area contributed by atoms with Crippen molar-refractivity contribution in [2.24, 2.45) is 0 Å². The Balaban J connectivity index is 2.63. The van der Waals surface area contributed by atoms with Gasteiger partial charge < -0.3 is 4.74 Å². The lowest BCUT2D eigenvalue weighted by Crippen LogP contribution is -2.06. The quantitative estimate of drug-likeness (QED) is 0.721. The van der Waals surface area contributed by atoms with E-state index in [9.17, 15) is 4.79 Å². The Hall–Kier alpha value is -1.97. The molecule has 0 N–H and O–H groups in total. The van der Waals surface area contributed by atoms with E-state index in [0.29, 0.717) is 17.7 Å². The van der Waals surface area contributed by atoms with Crippen LogP contribution in [-0.4, -0.2) is 22.5 Å². The molecular formula is C12H12N2O2. The Kier molecular flexibility index (Phi) is 2.81. The molecule has 2 rings (SSSR count). The Morgan fingerprint density at radius 1 is 1.25 bits per heavy atom. The Labute approximate surface area is 93.3 Å². The minimum Gasteiger partial charge on any atom is -0.462 e. The number of hydrogen-bond donors (Lipinski definition) is 0. The summed E-state index contributed by atoms with van der Waals surface area (Å²) in [5.74, 6) is -0.354. The van der Waals surface area contributed by atoms with Gasteiger partial charge in [-0.05, 0) is 25.5 Å². The van der Waals surface area contributed by atoms with E-state index in [0.717, 1.165) is 11.1 Å². The molecule has 4 heteroatoms. The molecular weight excluding hydrogens is 204 g/mol. The summed E-state index contributed by atoms with van der Waals surface area (Å²) in [6.45, 7) is 4.07. The van der Waals surface area contributed by atoms with E-state index in [1.165, 1.54) is 0 Å².